The van der Waals surface area contributed by atoms with Crippen molar-refractivity contribution in [3.63, 3.8) is 0 Å². The number of rotatable bonds is 17. The fraction of sp³-hybridized carbons (Fsp3) is 1.00. The fourth-order valence-corrected chi connectivity index (χ4v) is 3.63. The summed E-state index contributed by atoms with van der Waals surface area (Å²) < 4.78 is 32.9. The van der Waals surface area contributed by atoms with Crippen molar-refractivity contribution in [3.8, 4) is 0 Å². The predicted molar refractivity (Wildman–Crippen MR) is 96.8 cm³/mol. The smallest absolute Gasteiger partial charge is 0.248 e. The lowest BCUT2D eigenvalue weighted by Gasteiger charge is -2.16. The Morgan fingerprint density at radius 3 is 1.70 bits per heavy atom. The van der Waals surface area contributed by atoms with E-state index in [1.165, 1.54) is 51.4 Å². The van der Waals surface area contributed by atoms with Gasteiger partial charge in [-0.2, -0.15) is 8.42 Å². The van der Waals surface area contributed by atoms with Gasteiger partial charge in [-0.25, -0.2) is 8.37 Å². The van der Waals surface area contributed by atoms with Crippen molar-refractivity contribution >= 4 is 10.4 Å². The molecule has 0 fully saturated rings. The van der Waals surface area contributed by atoms with Crippen LogP contribution in [0.15, 0.2) is 0 Å². The molecule has 5 heteroatoms. The highest BCUT2D eigenvalue weighted by Gasteiger charge is 2.18. The monoisotopic (exact) mass is 350 g/mol. The summed E-state index contributed by atoms with van der Waals surface area (Å²) in [7, 11) is -3.82. The molecule has 0 aromatic carbocycles. The first-order valence-corrected chi connectivity index (χ1v) is 11.0. The summed E-state index contributed by atoms with van der Waals surface area (Å²) in [4.78, 5) is 0. The molecule has 0 spiro atoms. The zero-order valence-corrected chi connectivity index (χ0v) is 16.3. The second-order valence-electron chi connectivity index (χ2n) is 6.29. The van der Waals surface area contributed by atoms with E-state index >= 15 is 0 Å². The Morgan fingerprint density at radius 1 is 0.696 bits per heavy atom. The molecular formula is C18H38O4S. The predicted octanol–water partition coefficient (Wildman–Crippen LogP) is 5.76. The van der Waals surface area contributed by atoms with E-state index in [1.54, 1.807) is 6.92 Å². The molecule has 0 rings (SSSR count). The van der Waals surface area contributed by atoms with Crippen LogP contribution in [0.1, 0.15) is 104 Å². The molecule has 1 atom stereocenters. The molecule has 0 bridgehead atoms. The first-order valence-electron chi connectivity index (χ1n) is 9.63. The molecule has 0 N–H and O–H groups in total. The summed E-state index contributed by atoms with van der Waals surface area (Å²) in [6, 6.07) is 0. The standard InChI is InChI=1S/C18H38O4S/c1-4-7-8-9-10-11-12-13-14-15-17-18(16-5-2)22-23(19,20)21-6-3/h18H,4-17H2,1-3H3. The molecule has 23 heavy (non-hydrogen) atoms. The normalized spacial score (nSPS) is 13.3. The van der Waals surface area contributed by atoms with Gasteiger partial charge in [0.15, 0.2) is 0 Å². The number of unbranched alkanes of at least 4 members (excludes halogenated alkanes) is 9. The summed E-state index contributed by atoms with van der Waals surface area (Å²) in [6.07, 6.45) is 15.1. The van der Waals surface area contributed by atoms with Gasteiger partial charge < -0.3 is 0 Å². The SMILES string of the molecule is CCCCCCCCCCCCC(CCC)OS(=O)(=O)OCC. The van der Waals surface area contributed by atoms with E-state index in [0.717, 1.165) is 32.1 Å². The first kappa shape index (κ1) is 22.9. The maximum Gasteiger partial charge on any atom is 0.400 e. The van der Waals surface area contributed by atoms with Crippen molar-refractivity contribution in [2.24, 2.45) is 0 Å². The molecule has 1 unspecified atom stereocenters. The van der Waals surface area contributed by atoms with Crippen LogP contribution in [0.2, 0.25) is 0 Å². The van der Waals surface area contributed by atoms with Gasteiger partial charge in [-0.15, -0.1) is 0 Å². The molecule has 0 aromatic rings. The highest BCUT2D eigenvalue weighted by molar-refractivity contribution is 7.81. The molecule has 0 saturated carbocycles. The van der Waals surface area contributed by atoms with Gasteiger partial charge in [-0.3, -0.25) is 0 Å². The minimum atomic E-state index is -3.82. The Kier molecular flexibility index (Phi) is 15.3. The summed E-state index contributed by atoms with van der Waals surface area (Å²) in [5.41, 5.74) is 0. The van der Waals surface area contributed by atoms with Gasteiger partial charge in [-0.1, -0.05) is 84.5 Å². The minimum absolute atomic E-state index is 0.124. The third-order valence-corrected chi connectivity index (χ3v) is 5.04. The number of hydrogen-bond acceptors (Lipinski definition) is 4. The molecule has 0 amide bonds. The van der Waals surface area contributed by atoms with E-state index in [1.807, 2.05) is 6.92 Å². The fourth-order valence-electron chi connectivity index (χ4n) is 2.76. The summed E-state index contributed by atoms with van der Waals surface area (Å²) in [6.45, 7) is 6.06. The van der Waals surface area contributed by atoms with Crippen LogP contribution in [-0.4, -0.2) is 21.1 Å². The Hall–Kier alpha value is -0.130. The van der Waals surface area contributed by atoms with Crippen LogP contribution in [0.5, 0.6) is 0 Å². The molecule has 0 saturated heterocycles. The van der Waals surface area contributed by atoms with Gasteiger partial charge in [0.1, 0.15) is 0 Å². The van der Waals surface area contributed by atoms with Crippen LogP contribution in [0.25, 0.3) is 0 Å². The van der Waals surface area contributed by atoms with Gasteiger partial charge in [0.2, 0.25) is 0 Å². The van der Waals surface area contributed by atoms with Crippen LogP contribution in [0.4, 0.5) is 0 Å². The van der Waals surface area contributed by atoms with Gasteiger partial charge in [-0.05, 0) is 19.8 Å². The second-order valence-corrected chi connectivity index (χ2v) is 7.54. The summed E-state index contributed by atoms with van der Waals surface area (Å²) in [5, 5.41) is 0. The first-order chi connectivity index (χ1) is 11.1. The molecule has 0 aliphatic rings. The van der Waals surface area contributed by atoms with Crippen molar-refractivity contribution in [2.75, 3.05) is 6.61 Å². The Balaban J connectivity index is 3.68. The van der Waals surface area contributed by atoms with Crippen LogP contribution < -0.4 is 0 Å². The highest BCUT2D eigenvalue weighted by atomic mass is 32.3. The minimum Gasteiger partial charge on any atom is -0.248 e. The lowest BCUT2D eigenvalue weighted by molar-refractivity contribution is 0.142. The van der Waals surface area contributed by atoms with E-state index in [9.17, 15) is 8.42 Å². The van der Waals surface area contributed by atoms with E-state index < -0.39 is 10.4 Å². The zero-order chi connectivity index (χ0) is 17.4. The van der Waals surface area contributed by atoms with Crippen molar-refractivity contribution in [1.29, 1.82) is 0 Å². The third kappa shape index (κ3) is 15.2. The quantitative estimate of drug-likeness (QED) is 0.313. The van der Waals surface area contributed by atoms with E-state index in [0.29, 0.717) is 0 Å². The van der Waals surface area contributed by atoms with Crippen molar-refractivity contribution in [2.45, 2.75) is 110 Å². The second kappa shape index (κ2) is 15.4. The van der Waals surface area contributed by atoms with E-state index in [4.69, 9.17) is 4.18 Å². The van der Waals surface area contributed by atoms with Crippen molar-refractivity contribution < 1.29 is 16.8 Å². The summed E-state index contributed by atoms with van der Waals surface area (Å²) in [5.74, 6) is 0. The van der Waals surface area contributed by atoms with Gasteiger partial charge in [0.25, 0.3) is 0 Å². The molecule has 0 heterocycles. The lowest BCUT2D eigenvalue weighted by atomic mass is 10.0. The Labute approximate surface area is 144 Å². The molecule has 0 aromatic heterocycles. The van der Waals surface area contributed by atoms with Gasteiger partial charge in [0, 0.05) is 0 Å². The zero-order valence-electron chi connectivity index (χ0n) is 15.5. The Morgan fingerprint density at radius 2 is 1.22 bits per heavy atom. The van der Waals surface area contributed by atoms with Crippen LogP contribution in [-0.2, 0) is 18.8 Å². The maximum atomic E-state index is 11.6. The average molecular weight is 351 g/mol. The number of hydrogen-bond donors (Lipinski definition) is 0. The lowest BCUT2D eigenvalue weighted by Crippen LogP contribution is -2.20. The molecule has 0 radical (unpaired) electrons. The van der Waals surface area contributed by atoms with E-state index in [2.05, 4.69) is 11.1 Å². The van der Waals surface area contributed by atoms with Crippen molar-refractivity contribution in [3.05, 3.63) is 0 Å². The molecular weight excluding hydrogens is 312 g/mol. The van der Waals surface area contributed by atoms with Crippen LogP contribution in [0, 0.1) is 0 Å². The molecule has 4 nitrogen and oxygen atoms in total. The maximum absolute atomic E-state index is 11.6. The van der Waals surface area contributed by atoms with E-state index in [-0.39, 0.29) is 12.7 Å². The van der Waals surface area contributed by atoms with Gasteiger partial charge >= 0.3 is 10.4 Å². The summed E-state index contributed by atoms with van der Waals surface area (Å²) >= 11 is 0. The topological polar surface area (TPSA) is 52.6 Å². The molecule has 140 valence electrons. The van der Waals surface area contributed by atoms with Crippen LogP contribution >= 0.6 is 0 Å². The van der Waals surface area contributed by atoms with Crippen molar-refractivity contribution in [1.82, 2.24) is 0 Å². The van der Waals surface area contributed by atoms with Crippen LogP contribution in [0.3, 0.4) is 0 Å². The average Bonchev–Trinajstić information content (AvgIpc) is 2.48. The van der Waals surface area contributed by atoms with Gasteiger partial charge in [0.05, 0.1) is 12.7 Å². The highest BCUT2D eigenvalue weighted by Crippen LogP contribution is 2.17. The molecule has 0 aliphatic heterocycles. The third-order valence-electron chi connectivity index (χ3n) is 4.01. The largest absolute Gasteiger partial charge is 0.400 e. The molecule has 0 aliphatic carbocycles. The Bertz CT molecular complexity index is 341.